The van der Waals surface area contributed by atoms with E-state index in [0.717, 1.165) is 0 Å². The summed E-state index contributed by atoms with van der Waals surface area (Å²) < 4.78 is 23.9. The van der Waals surface area contributed by atoms with E-state index in [-0.39, 0.29) is 23.6 Å². The summed E-state index contributed by atoms with van der Waals surface area (Å²) in [6.07, 6.45) is 0.419. The Hall–Kier alpha value is -1.00. The molecule has 15 heavy (non-hydrogen) atoms. The normalized spacial score (nSPS) is 15.5. The molecular weight excluding hydrogens is 221 g/mol. The van der Waals surface area contributed by atoms with E-state index in [1.807, 2.05) is 0 Å². The van der Waals surface area contributed by atoms with Gasteiger partial charge in [-0.15, -0.1) is 0 Å². The Morgan fingerprint density at radius 2 is 2.33 bits per heavy atom. The minimum Gasteiger partial charge on any atom is -0.454 e. The highest BCUT2D eigenvalue weighted by atomic mass is 35.5. The summed E-state index contributed by atoms with van der Waals surface area (Å²) in [5.41, 5.74) is 6.06. The Morgan fingerprint density at radius 3 is 3.00 bits per heavy atom. The number of fused-ring (bicyclic) bond motifs is 1. The van der Waals surface area contributed by atoms with E-state index in [4.69, 9.17) is 26.8 Å². The van der Waals surface area contributed by atoms with Crippen LogP contribution in [0.5, 0.6) is 11.5 Å². The van der Waals surface area contributed by atoms with Crippen LogP contribution >= 0.6 is 11.6 Å². The number of benzene rings is 1. The number of nitrogens with two attached hydrogens (primary N) is 1. The van der Waals surface area contributed by atoms with Crippen molar-refractivity contribution in [2.24, 2.45) is 5.73 Å². The topological polar surface area (TPSA) is 44.5 Å². The van der Waals surface area contributed by atoms with Crippen LogP contribution in [0.1, 0.15) is 12.5 Å². The van der Waals surface area contributed by atoms with Crippen molar-refractivity contribution in [2.45, 2.75) is 19.4 Å². The average molecular weight is 232 g/mol. The molecule has 0 amide bonds. The summed E-state index contributed by atoms with van der Waals surface area (Å²) in [5, 5.41) is -0.0272. The van der Waals surface area contributed by atoms with Crippen LogP contribution in [0.3, 0.4) is 0 Å². The van der Waals surface area contributed by atoms with Crippen molar-refractivity contribution < 1.29 is 13.9 Å². The minimum absolute atomic E-state index is 0.0272. The molecule has 1 atom stereocenters. The number of rotatable bonds is 2. The Labute approximate surface area is 91.9 Å². The Balaban J connectivity index is 2.44. The van der Waals surface area contributed by atoms with Gasteiger partial charge >= 0.3 is 0 Å². The van der Waals surface area contributed by atoms with Crippen LogP contribution in [0, 0.1) is 5.82 Å². The summed E-state index contributed by atoms with van der Waals surface area (Å²) >= 11 is 5.81. The van der Waals surface area contributed by atoms with E-state index >= 15 is 0 Å². The van der Waals surface area contributed by atoms with Crippen molar-refractivity contribution >= 4 is 11.6 Å². The summed E-state index contributed by atoms with van der Waals surface area (Å²) in [7, 11) is 0. The molecule has 1 unspecified atom stereocenters. The molecule has 82 valence electrons. The number of halogens is 2. The summed E-state index contributed by atoms with van der Waals surface area (Å²) in [4.78, 5) is 0. The van der Waals surface area contributed by atoms with Gasteiger partial charge in [-0.1, -0.05) is 11.6 Å². The van der Waals surface area contributed by atoms with Gasteiger partial charge in [0.1, 0.15) is 10.8 Å². The molecule has 0 spiro atoms. The second-order valence-corrected chi connectivity index (χ2v) is 3.96. The van der Waals surface area contributed by atoms with Crippen LogP contribution < -0.4 is 15.2 Å². The molecule has 3 nitrogen and oxygen atoms in total. The number of hydrogen-bond donors (Lipinski definition) is 1. The molecule has 1 aliphatic rings. The molecule has 2 N–H and O–H groups in total. The second-order valence-electron chi connectivity index (χ2n) is 3.58. The lowest BCUT2D eigenvalue weighted by molar-refractivity contribution is 0.174. The van der Waals surface area contributed by atoms with Gasteiger partial charge in [0.05, 0.1) is 0 Å². The van der Waals surface area contributed by atoms with E-state index in [0.29, 0.717) is 17.7 Å². The van der Waals surface area contributed by atoms with Crippen molar-refractivity contribution in [1.29, 1.82) is 0 Å². The fourth-order valence-corrected chi connectivity index (χ4v) is 1.79. The van der Waals surface area contributed by atoms with Crippen LogP contribution in [0.25, 0.3) is 0 Å². The van der Waals surface area contributed by atoms with Crippen molar-refractivity contribution in [2.75, 3.05) is 6.79 Å². The van der Waals surface area contributed by atoms with Gasteiger partial charge in [0.15, 0.2) is 11.5 Å². The predicted octanol–water partition coefficient (Wildman–Crippen LogP) is 2.10. The van der Waals surface area contributed by atoms with Crippen molar-refractivity contribution in [1.82, 2.24) is 0 Å². The SMILES string of the molecule is CC(N)Cc1cc2c(c(Cl)c1F)OCO2. The number of hydrogen-bond acceptors (Lipinski definition) is 3. The standard InChI is InChI=1S/C10H11ClFNO2/c1-5(13)2-6-3-7-10(15-4-14-7)8(11)9(6)12/h3,5H,2,4,13H2,1H3. The molecule has 0 bridgehead atoms. The third kappa shape index (κ3) is 1.87. The van der Waals surface area contributed by atoms with Crippen LogP contribution in [0.2, 0.25) is 5.02 Å². The first-order chi connectivity index (χ1) is 7.09. The third-order valence-electron chi connectivity index (χ3n) is 2.16. The largest absolute Gasteiger partial charge is 0.454 e. The minimum atomic E-state index is -0.474. The van der Waals surface area contributed by atoms with Crippen molar-refractivity contribution in [3.8, 4) is 11.5 Å². The number of ether oxygens (including phenoxy) is 2. The lowest BCUT2D eigenvalue weighted by atomic mass is 10.1. The quantitative estimate of drug-likeness (QED) is 0.848. The first kappa shape index (κ1) is 10.5. The molecule has 1 heterocycles. The first-order valence-electron chi connectivity index (χ1n) is 4.61. The average Bonchev–Trinajstić information content (AvgIpc) is 2.61. The van der Waals surface area contributed by atoms with E-state index < -0.39 is 5.82 Å². The molecule has 1 aliphatic heterocycles. The lowest BCUT2D eigenvalue weighted by Gasteiger charge is -2.09. The highest BCUT2D eigenvalue weighted by Crippen LogP contribution is 2.42. The van der Waals surface area contributed by atoms with E-state index in [1.165, 1.54) is 0 Å². The van der Waals surface area contributed by atoms with Crippen molar-refractivity contribution in [3.05, 3.63) is 22.5 Å². The highest BCUT2D eigenvalue weighted by Gasteiger charge is 2.23. The molecule has 0 aliphatic carbocycles. The van der Waals surface area contributed by atoms with Gasteiger partial charge in [-0.3, -0.25) is 0 Å². The molecule has 5 heteroatoms. The van der Waals surface area contributed by atoms with Gasteiger partial charge in [-0.2, -0.15) is 0 Å². The molecular formula is C10H11ClFNO2. The van der Waals surface area contributed by atoms with Crippen molar-refractivity contribution in [3.63, 3.8) is 0 Å². The molecule has 1 aromatic carbocycles. The predicted molar refractivity (Wildman–Crippen MR) is 54.9 cm³/mol. The maximum Gasteiger partial charge on any atom is 0.231 e. The lowest BCUT2D eigenvalue weighted by Crippen LogP contribution is -2.18. The van der Waals surface area contributed by atoms with Crippen LogP contribution in [-0.4, -0.2) is 12.8 Å². The van der Waals surface area contributed by atoms with Gasteiger partial charge in [-0.25, -0.2) is 4.39 Å². The Bertz CT molecular complexity index is 395. The van der Waals surface area contributed by atoms with Gasteiger partial charge in [0.25, 0.3) is 0 Å². The maximum absolute atomic E-state index is 13.7. The molecule has 0 radical (unpaired) electrons. The Morgan fingerprint density at radius 1 is 1.60 bits per heavy atom. The zero-order valence-corrected chi connectivity index (χ0v) is 8.97. The molecule has 0 fully saturated rings. The van der Waals surface area contributed by atoms with Gasteiger partial charge in [-0.05, 0) is 25.0 Å². The fraction of sp³-hybridized carbons (Fsp3) is 0.400. The highest BCUT2D eigenvalue weighted by molar-refractivity contribution is 6.32. The summed E-state index contributed by atoms with van der Waals surface area (Å²) in [6.45, 7) is 1.88. The van der Waals surface area contributed by atoms with E-state index in [9.17, 15) is 4.39 Å². The van der Waals surface area contributed by atoms with E-state index in [2.05, 4.69) is 0 Å². The zero-order valence-electron chi connectivity index (χ0n) is 8.22. The fourth-order valence-electron chi connectivity index (χ4n) is 1.52. The van der Waals surface area contributed by atoms with Gasteiger partial charge in [0, 0.05) is 6.04 Å². The molecule has 2 rings (SSSR count). The molecule has 0 saturated carbocycles. The third-order valence-corrected chi connectivity index (χ3v) is 2.50. The maximum atomic E-state index is 13.7. The molecule has 1 aromatic rings. The molecule has 0 aromatic heterocycles. The smallest absolute Gasteiger partial charge is 0.231 e. The summed E-state index contributed by atoms with van der Waals surface area (Å²) in [6, 6.07) is 1.46. The van der Waals surface area contributed by atoms with Crippen LogP contribution in [0.15, 0.2) is 6.07 Å². The van der Waals surface area contributed by atoms with Gasteiger partial charge in [0.2, 0.25) is 6.79 Å². The zero-order chi connectivity index (χ0) is 11.0. The summed E-state index contributed by atoms with van der Waals surface area (Å²) in [5.74, 6) is 0.290. The second kappa shape index (κ2) is 3.87. The van der Waals surface area contributed by atoms with Crippen LogP contribution in [-0.2, 0) is 6.42 Å². The van der Waals surface area contributed by atoms with Crippen LogP contribution in [0.4, 0.5) is 4.39 Å². The van der Waals surface area contributed by atoms with Gasteiger partial charge < -0.3 is 15.2 Å². The monoisotopic (exact) mass is 231 g/mol. The molecule has 0 saturated heterocycles. The first-order valence-corrected chi connectivity index (χ1v) is 4.99. The van der Waals surface area contributed by atoms with E-state index in [1.54, 1.807) is 13.0 Å². The Kier molecular flexibility index (Phi) is 2.71.